The summed E-state index contributed by atoms with van der Waals surface area (Å²) in [6.45, 7) is 0.211. The van der Waals surface area contributed by atoms with Crippen LogP contribution in [0.1, 0.15) is 6.42 Å². The SMILES string of the molecule is O=C1C[C@@H](COC(=O)n2ccnc2)N1. The smallest absolute Gasteiger partial charge is 0.419 e. The Hall–Kier alpha value is -1.85. The number of β-lactam (4-membered cyclic amide) rings is 1. The molecular formula is C8H9N3O3. The third-order valence-corrected chi connectivity index (χ3v) is 1.92. The van der Waals surface area contributed by atoms with Gasteiger partial charge in [0.1, 0.15) is 12.9 Å². The monoisotopic (exact) mass is 195 g/mol. The fourth-order valence-electron chi connectivity index (χ4n) is 1.14. The topological polar surface area (TPSA) is 73.2 Å². The normalized spacial score (nSPS) is 19.7. The van der Waals surface area contributed by atoms with Gasteiger partial charge < -0.3 is 10.1 Å². The van der Waals surface area contributed by atoms with Crippen molar-refractivity contribution in [1.82, 2.24) is 14.9 Å². The lowest BCUT2D eigenvalue weighted by Gasteiger charge is -2.25. The highest BCUT2D eigenvalue weighted by Gasteiger charge is 2.26. The van der Waals surface area contributed by atoms with Crippen LogP contribution in [0.15, 0.2) is 18.7 Å². The fraction of sp³-hybridized carbons (Fsp3) is 0.375. The van der Waals surface area contributed by atoms with E-state index in [0.717, 1.165) is 0 Å². The number of nitrogens with zero attached hydrogens (tertiary/aromatic N) is 2. The number of carbonyl (C=O) groups is 2. The van der Waals surface area contributed by atoms with Crippen LogP contribution in [-0.4, -0.2) is 34.2 Å². The highest BCUT2D eigenvalue weighted by molar-refractivity contribution is 5.83. The first-order valence-corrected chi connectivity index (χ1v) is 4.20. The quantitative estimate of drug-likeness (QED) is 0.661. The summed E-state index contributed by atoms with van der Waals surface area (Å²) in [5.74, 6) is -0.00585. The van der Waals surface area contributed by atoms with Crippen LogP contribution in [0, 0.1) is 0 Å². The lowest BCUT2D eigenvalue weighted by Crippen LogP contribution is -2.51. The molecule has 1 aliphatic heterocycles. The predicted molar refractivity (Wildman–Crippen MR) is 45.5 cm³/mol. The highest BCUT2D eigenvalue weighted by atomic mass is 16.5. The number of hydrogen-bond acceptors (Lipinski definition) is 4. The van der Waals surface area contributed by atoms with Crippen molar-refractivity contribution in [3.05, 3.63) is 18.7 Å². The molecule has 1 atom stereocenters. The number of hydrogen-bond donors (Lipinski definition) is 1. The number of rotatable bonds is 2. The summed E-state index contributed by atoms with van der Waals surface area (Å²) in [6.07, 6.45) is 4.30. The van der Waals surface area contributed by atoms with Crippen LogP contribution in [0.2, 0.25) is 0 Å². The van der Waals surface area contributed by atoms with Gasteiger partial charge in [-0.25, -0.2) is 14.3 Å². The van der Waals surface area contributed by atoms with Crippen molar-refractivity contribution in [3.8, 4) is 0 Å². The van der Waals surface area contributed by atoms with E-state index in [-0.39, 0.29) is 18.6 Å². The maximum Gasteiger partial charge on any atom is 0.419 e. The minimum absolute atomic E-state index is 0.00585. The van der Waals surface area contributed by atoms with Crippen LogP contribution in [0.4, 0.5) is 4.79 Å². The highest BCUT2D eigenvalue weighted by Crippen LogP contribution is 2.04. The van der Waals surface area contributed by atoms with Crippen molar-refractivity contribution < 1.29 is 14.3 Å². The Balaban J connectivity index is 1.76. The molecule has 2 rings (SSSR count). The van der Waals surface area contributed by atoms with E-state index in [1.54, 1.807) is 0 Å². The number of ether oxygens (including phenoxy) is 1. The molecule has 0 aliphatic carbocycles. The number of amides is 1. The lowest BCUT2D eigenvalue weighted by molar-refractivity contribution is -0.129. The Bertz CT molecular complexity index is 339. The Morgan fingerprint density at radius 3 is 3.14 bits per heavy atom. The lowest BCUT2D eigenvalue weighted by atomic mass is 10.1. The van der Waals surface area contributed by atoms with Gasteiger partial charge in [-0.2, -0.15) is 0 Å². The fourth-order valence-corrected chi connectivity index (χ4v) is 1.14. The van der Waals surface area contributed by atoms with Gasteiger partial charge in [0.05, 0.1) is 12.5 Å². The Kier molecular flexibility index (Phi) is 2.18. The molecule has 0 radical (unpaired) electrons. The van der Waals surface area contributed by atoms with Crippen LogP contribution in [0.5, 0.6) is 0 Å². The molecule has 0 spiro atoms. The first-order valence-electron chi connectivity index (χ1n) is 4.20. The average molecular weight is 195 g/mol. The van der Waals surface area contributed by atoms with Gasteiger partial charge in [-0.05, 0) is 0 Å². The van der Waals surface area contributed by atoms with Gasteiger partial charge in [0, 0.05) is 12.4 Å². The summed E-state index contributed by atoms with van der Waals surface area (Å²) in [7, 11) is 0. The molecule has 1 aliphatic rings. The first-order chi connectivity index (χ1) is 6.75. The molecule has 1 N–H and O–H groups in total. The van der Waals surface area contributed by atoms with Gasteiger partial charge in [0.25, 0.3) is 0 Å². The van der Waals surface area contributed by atoms with Crippen LogP contribution >= 0.6 is 0 Å². The first kappa shape index (κ1) is 8.74. The second kappa shape index (κ2) is 3.49. The molecule has 74 valence electrons. The molecule has 1 saturated heterocycles. The van der Waals surface area contributed by atoms with E-state index in [1.807, 2.05) is 0 Å². The van der Waals surface area contributed by atoms with E-state index in [9.17, 15) is 9.59 Å². The van der Waals surface area contributed by atoms with Gasteiger partial charge in [-0.15, -0.1) is 0 Å². The Labute approximate surface area is 79.9 Å². The minimum atomic E-state index is -0.483. The molecule has 6 nitrogen and oxygen atoms in total. The van der Waals surface area contributed by atoms with Gasteiger partial charge in [0.15, 0.2) is 0 Å². The molecule has 14 heavy (non-hydrogen) atoms. The molecule has 0 aromatic carbocycles. The van der Waals surface area contributed by atoms with E-state index < -0.39 is 6.09 Å². The number of imidazole rings is 1. The summed E-state index contributed by atoms with van der Waals surface area (Å²) < 4.78 is 6.14. The zero-order chi connectivity index (χ0) is 9.97. The average Bonchev–Trinajstić information content (AvgIpc) is 2.62. The van der Waals surface area contributed by atoms with Gasteiger partial charge in [-0.3, -0.25) is 4.79 Å². The van der Waals surface area contributed by atoms with Crippen molar-refractivity contribution in [1.29, 1.82) is 0 Å². The predicted octanol–water partition coefficient (Wildman–Crippen LogP) is -0.244. The molecule has 6 heteroatoms. The van der Waals surface area contributed by atoms with Crippen molar-refractivity contribution in [2.45, 2.75) is 12.5 Å². The molecule has 1 fully saturated rings. The molecule has 2 heterocycles. The molecule has 0 saturated carbocycles. The molecule has 1 amide bonds. The standard InChI is InChI=1S/C8H9N3O3/c12-7-3-6(10-7)4-14-8(13)11-2-1-9-5-11/h1-2,5-6H,3-4H2,(H,10,12)/t6-/m0/s1. The van der Waals surface area contributed by atoms with Crippen molar-refractivity contribution in [3.63, 3.8) is 0 Å². The van der Waals surface area contributed by atoms with Gasteiger partial charge >= 0.3 is 6.09 Å². The zero-order valence-corrected chi connectivity index (χ0v) is 7.34. The summed E-state index contributed by atoms with van der Waals surface area (Å²) >= 11 is 0. The molecular weight excluding hydrogens is 186 g/mol. The summed E-state index contributed by atoms with van der Waals surface area (Å²) in [5.41, 5.74) is 0. The summed E-state index contributed by atoms with van der Waals surface area (Å²) in [6, 6.07) is -0.0324. The maximum absolute atomic E-state index is 11.2. The number of aromatic nitrogens is 2. The zero-order valence-electron chi connectivity index (χ0n) is 7.34. The molecule has 0 unspecified atom stereocenters. The van der Waals surface area contributed by atoms with Crippen molar-refractivity contribution in [2.24, 2.45) is 0 Å². The van der Waals surface area contributed by atoms with E-state index >= 15 is 0 Å². The maximum atomic E-state index is 11.2. The third-order valence-electron chi connectivity index (χ3n) is 1.92. The van der Waals surface area contributed by atoms with E-state index in [4.69, 9.17) is 4.74 Å². The van der Waals surface area contributed by atoms with E-state index in [0.29, 0.717) is 6.42 Å². The third kappa shape index (κ3) is 1.73. The molecule has 0 bridgehead atoms. The van der Waals surface area contributed by atoms with E-state index in [1.165, 1.54) is 23.3 Å². The van der Waals surface area contributed by atoms with Crippen LogP contribution in [-0.2, 0) is 9.53 Å². The van der Waals surface area contributed by atoms with Crippen LogP contribution < -0.4 is 5.32 Å². The van der Waals surface area contributed by atoms with E-state index in [2.05, 4.69) is 10.3 Å². The van der Waals surface area contributed by atoms with Crippen LogP contribution in [0.3, 0.4) is 0 Å². The van der Waals surface area contributed by atoms with Gasteiger partial charge in [-0.1, -0.05) is 0 Å². The minimum Gasteiger partial charge on any atom is -0.447 e. The van der Waals surface area contributed by atoms with Gasteiger partial charge in [0.2, 0.25) is 5.91 Å². The van der Waals surface area contributed by atoms with Crippen molar-refractivity contribution >= 4 is 12.0 Å². The van der Waals surface area contributed by atoms with Crippen molar-refractivity contribution in [2.75, 3.05) is 6.61 Å². The largest absolute Gasteiger partial charge is 0.447 e. The molecule has 1 aromatic heterocycles. The van der Waals surface area contributed by atoms with Crippen LogP contribution in [0.25, 0.3) is 0 Å². The second-order valence-electron chi connectivity index (χ2n) is 3.02. The Morgan fingerprint density at radius 1 is 1.79 bits per heavy atom. The number of nitrogens with one attached hydrogen (secondary N) is 1. The summed E-state index contributed by atoms with van der Waals surface area (Å²) in [5, 5.41) is 2.60. The second-order valence-corrected chi connectivity index (χ2v) is 3.02. The number of carbonyl (C=O) groups excluding carboxylic acids is 2. The summed E-state index contributed by atoms with van der Waals surface area (Å²) in [4.78, 5) is 25.4. The molecule has 1 aromatic rings. The Morgan fingerprint density at radius 2 is 2.57 bits per heavy atom.